The number of hydrogen-bond donors (Lipinski definition) is 3. The summed E-state index contributed by atoms with van der Waals surface area (Å²) in [5, 5.41) is 13.5. The van der Waals surface area contributed by atoms with E-state index in [2.05, 4.69) is 40.3 Å². The molecule has 0 atom stereocenters. The molecule has 0 unspecified atom stereocenters. The Morgan fingerprint density at radius 1 is 1.29 bits per heavy atom. The lowest BCUT2D eigenvalue weighted by molar-refractivity contribution is -0.140. The summed E-state index contributed by atoms with van der Waals surface area (Å²) in [4.78, 5) is 28.8. The van der Waals surface area contributed by atoms with Gasteiger partial charge in [-0.15, -0.1) is 0 Å². The number of nitrogens with one attached hydrogen (secondary N) is 2. The van der Waals surface area contributed by atoms with Crippen LogP contribution in [0.5, 0.6) is 0 Å². The predicted octanol–water partition coefficient (Wildman–Crippen LogP) is 2.85. The highest BCUT2D eigenvalue weighted by Gasteiger charge is 2.37. The zero-order chi connectivity index (χ0) is 19.7. The number of aliphatic carboxylic acids is 1. The van der Waals surface area contributed by atoms with Crippen LogP contribution in [-0.4, -0.2) is 52.0 Å². The van der Waals surface area contributed by atoms with E-state index in [9.17, 15) is 9.59 Å². The summed E-state index contributed by atoms with van der Waals surface area (Å²) in [7, 11) is 0. The van der Waals surface area contributed by atoms with Gasteiger partial charge in [-0.2, -0.15) is 0 Å². The molecule has 150 valence electrons. The minimum Gasteiger partial charge on any atom is -0.480 e. The predicted molar refractivity (Wildman–Crippen MR) is 108 cm³/mol. The lowest BCUT2D eigenvalue weighted by atomic mass is 9.85. The molecule has 1 aromatic heterocycles. The van der Waals surface area contributed by atoms with Gasteiger partial charge in [0.15, 0.2) is 0 Å². The molecule has 2 aromatic rings. The lowest BCUT2D eigenvalue weighted by Gasteiger charge is -2.42. The molecule has 0 spiro atoms. The Labute approximate surface area is 165 Å². The Balaban J connectivity index is 1.23. The maximum atomic E-state index is 12.4. The number of amides is 1. The Hall–Kier alpha value is -2.34. The molecule has 1 amide bonds. The SMILES string of the molecule is Cc1ccc2[nH]cc(CCC(=O)NC3CC(N(CC(=O)O)CC4CC4)C3)c2c1. The quantitative estimate of drug-likeness (QED) is 0.622. The van der Waals surface area contributed by atoms with Crippen molar-refractivity contribution in [1.29, 1.82) is 0 Å². The molecule has 2 aliphatic carbocycles. The summed E-state index contributed by atoms with van der Waals surface area (Å²) in [6, 6.07) is 6.79. The Morgan fingerprint density at radius 2 is 2.07 bits per heavy atom. The van der Waals surface area contributed by atoms with Crippen LogP contribution >= 0.6 is 0 Å². The van der Waals surface area contributed by atoms with E-state index in [0.717, 1.165) is 31.3 Å². The topological polar surface area (TPSA) is 85.4 Å². The van der Waals surface area contributed by atoms with Crippen LogP contribution in [-0.2, 0) is 16.0 Å². The van der Waals surface area contributed by atoms with Gasteiger partial charge in [0, 0.05) is 42.1 Å². The Bertz CT molecular complexity index is 865. The molecular formula is C22H29N3O3. The van der Waals surface area contributed by atoms with Crippen molar-refractivity contribution in [3.63, 3.8) is 0 Å². The first kappa shape index (κ1) is 19.0. The van der Waals surface area contributed by atoms with Gasteiger partial charge in [-0.1, -0.05) is 11.6 Å². The number of aryl methyl sites for hydroxylation is 2. The third-order valence-electron chi connectivity index (χ3n) is 6.07. The molecule has 28 heavy (non-hydrogen) atoms. The van der Waals surface area contributed by atoms with Crippen LogP contribution in [0.15, 0.2) is 24.4 Å². The molecular weight excluding hydrogens is 354 g/mol. The number of benzene rings is 1. The molecule has 3 N–H and O–H groups in total. The number of aromatic nitrogens is 1. The van der Waals surface area contributed by atoms with Gasteiger partial charge in [-0.05, 0) is 62.6 Å². The second-order valence-electron chi connectivity index (χ2n) is 8.52. The van der Waals surface area contributed by atoms with E-state index in [-0.39, 0.29) is 18.5 Å². The van der Waals surface area contributed by atoms with E-state index in [1.165, 1.54) is 29.4 Å². The van der Waals surface area contributed by atoms with E-state index in [1.54, 1.807) is 0 Å². The first-order chi connectivity index (χ1) is 13.5. The van der Waals surface area contributed by atoms with E-state index in [0.29, 0.717) is 18.4 Å². The van der Waals surface area contributed by atoms with Gasteiger partial charge in [-0.3, -0.25) is 14.5 Å². The standard InChI is InChI=1S/C22H29N3O3/c1-14-2-6-20-19(8-14)16(11-23-20)5-7-21(26)24-17-9-18(10-17)25(13-22(27)28)12-15-3-4-15/h2,6,8,11,15,17-18,23H,3-5,7,9-10,12-13H2,1H3,(H,24,26)(H,27,28). The van der Waals surface area contributed by atoms with Crippen molar-refractivity contribution in [1.82, 2.24) is 15.2 Å². The van der Waals surface area contributed by atoms with Gasteiger partial charge in [0.1, 0.15) is 0 Å². The molecule has 1 heterocycles. The maximum absolute atomic E-state index is 12.4. The number of fused-ring (bicyclic) bond motifs is 1. The average molecular weight is 383 g/mol. The van der Waals surface area contributed by atoms with Crippen molar-refractivity contribution >= 4 is 22.8 Å². The Morgan fingerprint density at radius 3 is 2.79 bits per heavy atom. The van der Waals surface area contributed by atoms with Crippen LogP contribution in [0.3, 0.4) is 0 Å². The molecule has 2 fully saturated rings. The number of carbonyl (C=O) groups is 2. The largest absolute Gasteiger partial charge is 0.480 e. The van der Waals surface area contributed by atoms with Crippen LogP contribution < -0.4 is 5.32 Å². The van der Waals surface area contributed by atoms with E-state index >= 15 is 0 Å². The monoisotopic (exact) mass is 383 g/mol. The van der Waals surface area contributed by atoms with Gasteiger partial charge in [0.05, 0.1) is 6.54 Å². The summed E-state index contributed by atoms with van der Waals surface area (Å²) in [5.41, 5.74) is 3.50. The molecule has 0 aliphatic heterocycles. The fourth-order valence-corrected chi connectivity index (χ4v) is 4.20. The number of H-pyrrole nitrogens is 1. The zero-order valence-corrected chi connectivity index (χ0v) is 16.4. The minimum atomic E-state index is -0.762. The van der Waals surface area contributed by atoms with Crippen LogP contribution in [0.4, 0.5) is 0 Å². The van der Waals surface area contributed by atoms with Crippen molar-refractivity contribution in [3.05, 3.63) is 35.5 Å². The normalized spacial score (nSPS) is 21.6. The van der Waals surface area contributed by atoms with Crippen LogP contribution in [0, 0.1) is 12.8 Å². The molecule has 0 radical (unpaired) electrons. The molecule has 6 heteroatoms. The van der Waals surface area contributed by atoms with Crippen molar-refractivity contribution in [2.75, 3.05) is 13.1 Å². The first-order valence-corrected chi connectivity index (χ1v) is 10.3. The highest BCUT2D eigenvalue weighted by Crippen LogP contribution is 2.33. The van der Waals surface area contributed by atoms with Crippen LogP contribution in [0.1, 0.15) is 43.2 Å². The molecule has 0 bridgehead atoms. The highest BCUT2D eigenvalue weighted by atomic mass is 16.4. The molecule has 1 aromatic carbocycles. The number of nitrogens with zero attached hydrogens (tertiary/aromatic N) is 1. The van der Waals surface area contributed by atoms with Crippen molar-refractivity contribution < 1.29 is 14.7 Å². The fraction of sp³-hybridized carbons (Fsp3) is 0.545. The van der Waals surface area contributed by atoms with Crippen molar-refractivity contribution in [2.24, 2.45) is 5.92 Å². The highest BCUT2D eigenvalue weighted by molar-refractivity contribution is 5.85. The molecule has 0 saturated heterocycles. The number of carboxylic acids is 1. The first-order valence-electron chi connectivity index (χ1n) is 10.3. The summed E-state index contributed by atoms with van der Waals surface area (Å²) >= 11 is 0. The Kier molecular flexibility index (Phi) is 5.40. The number of carboxylic acid groups (broad SMARTS) is 1. The summed E-state index contributed by atoms with van der Waals surface area (Å²) in [5.74, 6) is -0.00710. The van der Waals surface area contributed by atoms with Gasteiger partial charge in [-0.25, -0.2) is 0 Å². The summed E-state index contributed by atoms with van der Waals surface area (Å²) in [6.45, 7) is 3.08. The molecule has 6 nitrogen and oxygen atoms in total. The van der Waals surface area contributed by atoms with E-state index in [1.807, 2.05) is 6.20 Å². The second-order valence-corrected chi connectivity index (χ2v) is 8.52. The van der Waals surface area contributed by atoms with Gasteiger partial charge < -0.3 is 15.4 Å². The van der Waals surface area contributed by atoms with Crippen LogP contribution in [0.2, 0.25) is 0 Å². The van der Waals surface area contributed by atoms with E-state index in [4.69, 9.17) is 5.11 Å². The second kappa shape index (κ2) is 7.95. The maximum Gasteiger partial charge on any atom is 0.317 e. The van der Waals surface area contributed by atoms with Crippen molar-refractivity contribution in [3.8, 4) is 0 Å². The van der Waals surface area contributed by atoms with Gasteiger partial charge in [0.2, 0.25) is 5.91 Å². The molecule has 2 saturated carbocycles. The smallest absolute Gasteiger partial charge is 0.317 e. The van der Waals surface area contributed by atoms with Crippen molar-refractivity contribution in [2.45, 2.75) is 57.5 Å². The van der Waals surface area contributed by atoms with Gasteiger partial charge in [0.25, 0.3) is 0 Å². The molecule has 2 aliphatic rings. The lowest BCUT2D eigenvalue weighted by Crippen LogP contribution is -2.55. The number of carbonyl (C=O) groups excluding carboxylic acids is 1. The number of aromatic amines is 1. The van der Waals surface area contributed by atoms with Crippen LogP contribution in [0.25, 0.3) is 10.9 Å². The number of rotatable bonds is 9. The minimum absolute atomic E-state index is 0.0810. The van der Waals surface area contributed by atoms with E-state index < -0.39 is 5.97 Å². The summed E-state index contributed by atoms with van der Waals surface area (Å²) < 4.78 is 0. The zero-order valence-electron chi connectivity index (χ0n) is 16.4. The fourth-order valence-electron chi connectivity index (χ4n) is 4.20. The average Bonchev–Trinajstić information content (AvgIpc) is 3.33. The number of hydrogen-bond acceptors (Lipinski definition) is 3. The summed E-state index contributed by atoms with van der Waals surface area (Å²) in [6.07, 6.45) is 7.35. The third-order valence-corrected chi connectivity index (χ3v) is 6.07. The van der Waals surface area contributed by atoms with Gasteiger partial charge >= 0.3 is 5.97 Å². The molecule has 4 rings (SSSR count). The third kappa shape index (κ3) is 4.55.